The largest absolute Gasteiger partial charge is 0.479 e. The van der Waals surface area contributed by atoms with Crippen LogP contribution in [0.5, 0.6) is 5.88 Å². The molecular formula is C35H39FN2O5. The average Bonchev–Trinajstić information content (AvgIpc) is 3.72. The van der Waals surface area contributed by atoms with E-state index in [0.717, 1.165) is 48.3 Å². The second kappa shape index (κ2) is 12.4. The van der Waals surface area contributed by atoms with Gasteiger partial charge in [0.2, 0.25) is 11.8 Å². The van der Waals surface area contributed by atoms with Gasteiger partial charge >= 0.3 is 5.97 Å². The molecule has 7 nitrogen and oxygen atoms in total. The molecule has 8 heteroatoms. The van der Waals surface area contributed by atoms with Crippen molar-refractivity contribution in [2.75, 3.05) is 0 Å². The highest BCUT2D eigenvalue weighted by Gasteiger charge is 2.60. The Hall–Kier alpha value is -3.81. The van der Waals surface area contributed by atoms with Crippen LogP contribution in [0.15, 0.2) is 54.6 Å². The van der Waals surface area contributed by atoms with Crippen molar-refractivity contribution in [3.63, 3.8) is 0 Å². The van der Waals surface area contributed by atoms with Crippen LogP contribution in [0.2, 0.25) is 0 Å². The smallest absolute Gasteiger partial charge is 0.330 e. The fraction of sp³-hybridized carbons (Fsp3) is 0.486. The molecule has 5 unspecified atom stereocenters. The molecule has 1 aliphatic heterocycles. The maximum Gasteiger partial charge on any atom is 0.330 e. The van der Waals surface area contributed by atoms with Crippen LogP contribution in [-0.4, -0.2) is 39.4 Å². The third-order valence-electron chi connectivity index (χ3n) is 9.55. The molecule has 0 radical (unpaired) electrons. The number of Topliss-reactive ketones (excluding diaryl/α,β-unsaturated/α-hetero) is 1. The summed E-state index contributed by atoms with van der Waals surface area (Å²) in [5.41, 5.74) is -0.783. The van der Waals surface area contributed by atoms with E-state index in [1.807, 2.05) is 36.4 Å². The van der Waals surface area contributed by atoms with Crippen LogP contribution in [0.4, 0.5) is 4.39 Å². The Morgan fingerprint density at radius 3 is 2.65 bits per heavy atom. The first kappa shape index (κ1) is 29.3. The number of halogens is 1. The van der Waals surface area contributed by atoms with Crippen LogP contribution in [0.1, 0.15) is 77.0 Å². The van der Waals surface area contributed by atoms with E-state index in [0.29, 0.717) is 56.3 Å². The van der Waals surface area contributed by atoms with Crippen molar-refractivity contribution in [1.82, 2.24) is 10.3 Å². The van der Waals surface area contributed by atoms with Gasteiger partial charge in [0.1, 0.15) is 23.2 Å². The summed E-state index contributed by atoms with van der Waals surface area (Å²) in [4.78, 5) is 43.7. The number of hydrogen-bond acceptors (Lipinski definition) is 5. The maximum atomic E-state index is 14.2. The Morgan fingerprint density at radius 2 is 1.81 bits per heavy atom. The summed E-state index contributed by atoms with van der Waals surface area (Å²) in [7, 11) is 0. The summed E-state index contributed by atoms with van der Waals surface area (Å²) in [5, 5.41) is 15.5. The molecule has 2 N–H and O–H groups in total. The predicted molar refractivity (Wildman–Crippen MR) is 162 cm³/mol. The highest BCUT2D eigenvalue weighted by molar-refractivity contribution is 6.07. The zero-order valence-electron chi connectivity index (χ0n) is 24.4. The molecule has 0 spiro atoms. The van der Waals surface area contributed by atoms with Crippen molar-refractivity contribution in [2.45, 2.75) is 88.7 Å². The molecule has 2 saturated carbocycles. The number of rotatable bonds is 3. The summed E-state index contributed by atoms with van der Waals surface area (Å²) in [6.07, 6.45) is 11.9. The van der Waals surface area contributed by atoms with Gasteiger partial charge in [0, 0.05) is 41.5 Å². The highest BCUT2D eigenvalue weighted by atomic mass is 19.1. The molecule has 5 atom stereocenters. The molecule has 1 aromatic heterocycles. The third-order valence-corrected chi connectivity index (χ3v) is 9.55. The highest BCUT2D eigenvalue weighted by Crippen LogP contribution is 2.46. The maximum absolute atomic E-state index is 14.2. The van der Waals surface area contributed by atoms with Crippen molar-refractivity contribution in [1.29, 1.82) is 0 Å². The van der Waals surface area contributed by atoms with E-state index in [4.69, 9.17) is 9.72 Å². The monoisotopic (exact) mass is 586 g/mol. The molecule has 2 aliphatic carbocycles. The fourth-order valence-corrected chi connectivity index (χ4v) is 7.03. The summed E-state index contributed by atoms with van der Waals surface area (Å²) < 4.78 is 20.8. The second-order valence-electron chi connectivity index (χ2n) is 12.7. The van der Waals surface area contributed by atoms with E-state index in [1.54, 1.807) is 6.07 Å². The van der Waals surface area contributed by atoms with Gasteiger partial charge in [-0.1, -0.05) is 43.2 Å². The van der Waals surface area contributed by atoms with Crippen LogP contribution < -0.4 is 10.1 Å². The topological polar surface area (TPSA) is 106 Å². The van der Waals surface area contributed by atoms with Crippen molar-refractivity contribution < 1.29 is 28.6 Å². The minimum atomic E-state index is -1.27. The number of benzene rings is 2. The van der Waals surface area contributed by atoms with Gasteiger partial charge in [-0.3, -0.25) is 9.59 Å². The molecule has 1 amide bonds. The average molecular weight is 587 g/mol. The Balaban J connectivity index is 1.31. The normalized spacial score (nSPS) is 28.9. The number of amides is 1. The molecule has 2 fully saturated rings. The number of ether oxygens (including phenoxy) is 1. The molecule has 6 rings (SSSR count). The summed E-state index contributed by atoms with van der Waals surface area (Å²) in [6.45, 7) is 0. The van der Waals surface area contributed by atoms with E-state index in [2.05, 4.69) is 5.32 Å². The lowest BCUT2D eigenvalue weighted by molar-refractivity contribution is -0.144. The van der Waals surface area contributed by atoms with Crippen LogP contribution >= 0.6 is 0 Å². The zero-order valence-corrected chi connectivity index (χ0v) is 24.4. The molecule has 3 aromatic rings. The SMILES string of the molecule is O=C1CCCCCCC=CC2CC2(C(=O)O)NC(=O)C2CCC(C1)CC(Oc1nc3cc(F)ccc3c3ccccc13)C2. The first-order valence-corrected chi connectivity index (χ1v) is 15.7. The minimum absolute atomic E-state index is 0.0448. The van der Waals surface area contributed by atoms with E-state index in [-0.39, 0.29) is 29.3 Å². The van der Waals surface area contributed by atoms with Gasteiger partial charge in [-0.25, -0.2) is 14.2 Å². The van der Waals surface area contributed by atoms with Gasteiger partial charge in [0.05, 0.1) is 5.52 Å². The lowest BCUT2D eigenvalue weighted by atomic mass is 9.91. The predicted octanol–water partition coefficient (Wildman–Crippen LogP) is 6.91. The van der Waals surface area contributed by atoms with Gasteiger partial charge in [0.15, 0.2) is 0 Å². The van der Waals surface area contributed by atoms with Gasteiger partial charge in [0.25, 0.3) is 0 Å². The standard InChI is InChI=1S/C35H39FN2O5/c36-25-15-16-29-28-11-7-8-12-30(28)33(37-31(29)20-25)43-27-18-22-13-14-23(19-27)32(40)38-35(34(41)42)21-24(35)9-5-3-1-2-4-6-10-26(39)17-22/h5,7-9,11-12,15-16,20,22-24,27H,1-4,6,10,13-14,17-19,21H2,(H,38,40)(H,41,42). The minimum Gasteiger partial charge on any atom is -0.479 e. The first-order chi connectivity index (χ1) is 20.8. The lowest BCUT2D eigenvalue weighted by Crippen LogP contribution is -2.47. The number of carboxylic acids is 1. The third kappa shape index (κ3) is 6.43. The molecule has 2 bridgehead atoms. The number of aliphatic carboxylic acids is 1. The van der Waals surface area contributed by atoms with E-state index in [1.165, 1.54) is 12.1 Å². The fourth-order valence-electron chi connectivity index (χ4n) is 7.03. The van der Waals surface area contributed by atoms with E-state index in [9.17, 15) is 23.9 Å². The second-order valence-corrected chi connectivity index (χ2v) is 12.7. The molecule has 2 aromatic carbocycles. The first-order valence-electron chi connectivity index (χ1n) is 15.7. The molecule has 2 heterocycles. The Labute approximate surface area is 250 Å². The Bertz CT molecular complexity index is 1570. The number of fused-ring (bicyclic) bond motifs is 7. The van der Waals surface area contributed by atoms with Crippen molar-refractivity contribution >= 4 is 39.3 Å². The van der Waals surface area contributed by atoms with E-state index < -0.39 is 23.5 Å². The van der Waals surface area contributed by atoms with E-state index >= 15 is 0 Å². The quantitative estimate of drug-likeness (QED) is 0.255. The van der Waals surface area contributed by atoms with Gasteiger partial charge in [-0.05, 0) is 80.9 Å². The number of ketones is 1. The van der Waals surface area contributed by atoms with Crippen molar-refractivity contribution in [3.05, 3.63) is 60.4 Å². The number of carbonyl (C=O) groups is 3. The number of allylic oxidation sites excluding steroid dienone is 1. The molecular weight excluding hydrogens is 547 g/mol. The number of nitrogens with zero attached hydrogens (tertiary/aromatic N) is 1. The van der Waals surface area contributed by atoms with Gasteiger partial charge < -0.3 is 15.2 Å². The van der Waals surface area contributed by atoms with Gasteiger partial charge in [-0.2, -0.15) is 0 Å². The molecule has 226 valence electrons. The summed E-state index contributed by atoms with van der Waals surface area (Å²) in [6, 6.07) is 12.2. The Morgan fingerprint density at radius 1 is 1.00 bits per heavy atom. The van der Waals surface area contributed by atoms with Crippen LogP contribution in [-0.2, 0) is 14.4 Å². The summed E-state index contributed by atoms with van der Waals surface area (Å²) in [5.74, 6) is -1.70. The van der Waals surface area contributed by atoms with Crippen LogP contribution in [0.3, 0.4) is 0 Å². The van der Waals surface area contributed by atoms with Crippen LogP contribution in [0.25, 0.3) is 21.7 Å². The Kier molecular flexibility index (Phi) is 8.46. The zero-order chi connectivity index (χ0) is 30.0. The van der Waals surface area contributed by atoms with Crippen molar-refractivity contribution in [2.24, 2.45) is 17.8 Å². The number of carboxylic acid groups (broad SMARTS) is 1. The number of nitrogens with one attached hydrogen (secondary N) is 1. The number of pyridine rings is 1. The molecule has 0 saturated heterocycles. The van der Waals surface area contributed by atoms with Crippen molar-refractivity contribution in [3.8, 4) is 5.88 Å². The van der Waals surface area contributed by atoms with Crippen LogP contribution in [0, 0.1) is 23.6 Å². The lowest BCUT2D eigenvalue weighted by Gasteiger charge is -2.24. The molecule has 3 aliphatic rings. The molecule has 43 heavy (non-hydrogen) atoms. The number of aromatic nitrogens is 1. The van der Waals surface area contributed by atoms with Gasteiger partial charge in [-0.15, -0.1) is 0 Å². The number of carbonyl (C=O) groups excluding carboxylic acids is 2. The summed E-state index contributed by atoms with van der Waals surface area (Å²) >= 11 is 0. The number of hydrogen-bond donors (Lipinski definition) is 2.